The van der Waals surface area contributed by atoms with Gasteiger partial charge in [0.2, 0.25) is 0 Å². The molecule has 0 aromatic carbocycles. The minimum absolute atomic E-state index is 0.346. The summed E-state index contributed by atoms with van der Waals surface area (Å²) in [5.41, 5.74) is 1.13. The molecule has 5 heteroatoms. The lowest BCUT2D eigenvalue weighted by Crippen LogP contribution is -2.32. The molecule has 1 fully saturated rings. The highest BCUT2D eigenvalue weighted by Gasteiger charge is 2.19. The van der Waals surface area contributed by atoms with Gasteiger partial charge in [-0.3, -0.25) is 4.68 Å². The summed E-state index contributed by atoms with van der Waals surface area (Å²) < 4.78 is 7.57. The topological polar surface area (TPSA) is 59.3 Å². The second-order valence-electron chi connectivity index (χ2n) is 6.02. The molecular formula is C15H27N3O2. The molecular weight excluding hydrogens is 254 g/mol. The van der Waals surface area contributed by atoms with Crippen LogP contribution in [0.4, 0.5) is 0 Å². The zero-order chi connectivity index (χ0) is 14.4. The van der Waals surface area contributed by atoms with Crippen LogP contribution in [0, 0.1) is 5.92 Å². The number of aryl methyl sites for hydroxylation is 1. The maximum atomic E-state index is 9.91. The molecule has 5 nitrogen and oxygen atoms in total. The normalized spacial score (nSPS) is 24.8. The quantitative estimate of drug-likeness (QED) is 0.794. The molecule has 1 aliphatic carbocycles. The Labute approximate surface area is 121 Å². The van der Waals surface area contributed by atoms with Gasteiger partial charge in [-0.05, 0) is 31.6 Å². The third-order valence-electron chi connectivity index (χ3n) is 3.95. The number of aromatic nitrogens is 2. The van der Waals surface area contributed by atoms with Crippen molar-refractivity contribution in [3.63, 3.8) is 0 Å². The number of hydrogen-bond donors (Lipinski definition) is 2. The number of hydrogen-bond acceptors (Lipinski definition) is 4. The van der Waals surface area contributed by atoms with E-state index in [9.17, 15) is 5.11 Å². The van der Waals surface area contributed by atoms with E-state index in [1.807, 2.05) is 19.4 Å². The molecule has 1 aliphatic rings. The molecule has 0 bridgehead atoms. The van der Waals surface area contributed by atoms with Crippen molar-refractivity contribution in [2.45, 2.75) is 51.4 Å². The Morgan fingerprint density at radius 3 is 2.85 bits per heavy atom. The Hall–Kier alpha value is -0.910. The molecule has 1 heterocycles. The minimum Gasteiger partial charge on any atom is -0.389 e. The minimum atomic E-state index is -0.439. The van der Waals surface area contributed by atoms with Crippen LogP contribution in [-0.2, 0) is 18.3 Å². The Balaban J connectivity index is 1.55. The molecule has 0 aliphatic heterocycles. The SMILES string of the molecule is CC1CCC(OCC(O)CNCc2cnn(C)c2)CC1. The molecule has 1 saturated carbocycles. The summed E-state index contributed by atoms with van der Waals surface area (Å²) in [4.78, 5) is 0. The fourth-order valence-electron chi connectivity index (χ4n) is 2.65. The van der Waals surface area contributed by atoms with Crippen LogP contribution in [-0.4, -0.2) is 40.2 Å². The molecule has 0 radical (unpaired) electrons. The second-order valence-corrected chi connectivity index (χ2v) is 6.02. The van der Waals surface area contributed by atoms with Gasteiger partial charge in [-0.2, -0.15) is 5.10 Å². The van der Waals surface area contributed by atoms with E-state index in [4.69, 9.17) is 4.74 Å². The summed E-state index contributed by atoms with van der Waals surface area (Å²) in [7, 11) is 1.90. The lowest BCUT2D eigenvalue weighted by molar-refractivity contribution is -0.0278. The maximum absolute atomic E-state index is 9.91. The van der Waals surface area contributed by atoms with E-state index in [2.05, 4.69) is 17.3 Å². The van der Waals surface area contributed by atoms with Crippen LogP contribution in [0.3, 0.4) is 0 Å². The van der Waals surface area contributed by atoms with Crippen LogP contribution < -0.4 is 5.32 Å². The first kappa shape index (κ1) is 15.5. The smallest absolute Gasteiger partial charge is 0.0897 e. The largest absolute Gasteiger partial charge is 0.389 e. The molecule has 114 valence electrons. The van der Waals surface area contributed by atoms with Gasteiger partial charge in [-0.25, -0.2) is 0 Å². The fourth-order valence-corrected chi connectivity index (χ4v) is 2.65. The Kier molecular flexibility index (Phi) is 6.01. The molecule has 1 unspecified atom stereocenters. The molecule has 1 aromatic heterocycles. The number of rotatable bonds is 7. The van der Waals surface area contributed by atoms with Gasteiger partial charge in [0.05, 0.1) is 25.0 Å². The second kappa shape index (κ2) is 7.76. The molecule has 0 amide bonds. The third kappa shape index (κ3) is 5.23. The van der Waals surface area contributed by atoms with E-state index in [1.165, 1.54) is 12.8 Å². The van der Waals surface area contributed by atoms with Gasteiger partial charge < -0.3 is 15.2 Å². The van der Waals surface area contributed by atoms with Crippen molar-refractivity contribution in [3.8, 4) is 0 Å². The summed E-state index contributed by atoms with van der Waals surface area (Å²) in [6.45, 7) is 4.01. The summed E-state index contributed by atoms with van der Waals surface area (Å²) in [6, 6.07) is 0. The lowest BCUT2D eigenvalue weighted by Gasteiger charge is -2.27. The Morgan fingerprint density at radius 1 is 1.45 bits per heavy atom. The first-order chi connectivity index (χ1) is 9.63. The van der Waals surface area contributed by atoms with Gasteiger partial charge in [-0.15, -0.1) is 0 Å². The average Bonchev–Trinajstić information content (AvgIpc) is 2.84. The van der Waals surface area contributed by atoms with Gasteiger partial charge in [0.1, 0.15) is 0 Å². The number of nitrogens with zero attached hydrogens (tertiary/aromatic N) is 2. The van der Waals surface area contributed by atoms with Crippen LogP contribution in [0.15, 0.2) is 12.4 Å². The zero-order valence-corrected chi connectivity index (χ0v) is 12.6. The van der Waals surface area contributed by atoms with Gasteiger partial charge in [0.15, 0.2) is 0 Å². The predicted molar refractivity (Wildman–Crippen MR) is 78.3 cm³/mol. The van der Waals surface area contributed by atoms with E-state index in [0.717, 1.165) is 30.9 Å². The van der Waals surface area contributed by atoms with Crippen molar-refractivity contribution in [2.24, 2.45) is 13.0 Å². The van der Waals surface area contributed by atoms with E-state index >= 15 is 0 Å². The first-order valence-electron chi connectivity index (χ1n) is 7.61. The lowest BCUT2D eigenvalue weighted by atomic mass is 9.89. The number of ether oxygens (including phenoxy) is 1. The van der Waals surface area contributed by atoms with Crippen LogP contribution in [0.1, 0.15) is 38.2 Å². The summed E-state index contributed by atoms with van der Waals surface area (Å²) in [6.07, 6.45) is 8.48. The van der Waals surface area contributed by atoms with Gasteiger partial charge in [0.25, 0.3) is 0 Å². The van der Waals surface area contributed by atoms with E-state index in [0.29, 0.717) is 19.3 Å². The van der Waals surface area contributed by atoms with Crippen LogP contribution in [0.2, 0.25) is 0 Å². The van der Waals surface area contributed by atoms with Crippen molar-refractivity contribution < 1.29 is 9.84 Å². The highest BCUT2D eigenvalue weighted by atomic mass is 16.5. The molecule has 1 aromatic rings. The zero-order valence-electron chi connectivity index (χ0n) is 12.6. The highest BCUT2D eigenvalue weighted by molar-refractivity contribution is 5.02. The summed E-state index contributed by atoms with van der Waals surface area (Å²) >= 11 is 0. The van der Waals surface area contributed by atoms with Crippen molar-refractivity contribution in [3.05, 3.63) is 18.0 Å². The van der Waals surface area contributed by atoms with Crippen molar-refractivity contribution in [1.82, 2.24) is 15.1 Å². The Morgan fingerprint density at radius 2 is 2.20 bits per heavy atom. The standard InChI is InChI=1S/C15H27N3O2/c1-12-3-5-15(6-4-12)20-11-14(19)9-16-7-13-8-17-18(2)10-13/h8,10,12,14-16,19H,3-7,9,11H2,1-2H3. The van der Waals surface area contributed by atoms with Crippen molar-refractivity contribution in [1.29, 1.82) is 0 Å². The fraction of sp³-hybridized carbons (Fsp3) is 0.800. The van der Waals surface area contributed by atoms with Gasteiger partial charge in [0, 0.05) is 31.9 Å². The number of aliphatic hydroxyl groups is 1. The molecule has 2 N–H and O–H groups in total. The maximum Gasteiger partial charge on any atom is 0.0897 e. The first-order valence-corrected chi connectivity index (χ1v) is 7.61. The Bertz CT molecular complexity index is 386. The highest BCUT2D eigenvalue weighted by Crippen LogP contribution is 2.25. The molecule has 0 saturated heterocycles. The van der Waals surface area contributed by atoms with Crippen LogP contribution >= 0.6 is 0 Å². The van der Waals surface area contributed by atoms with E-state index < -0.39 is 6.10 Å². The summed E-state index contributed by atoms with van der Waals surface area (Å²) in [5, 5.41) is 17.2. The predicted octanol–water partition coefficient (Wildman–Crippen LogP) is 1.47. The monoisotopic (exact) mass is 281 g/mol. The third-order valence-corrected chi connectivity index (χ3v) is 3.95. The molecule has 20 heavy (non-hydrogen) atoms. The average molecular weight is 281 g/mol. The molecule has 1 atom stereocenters. The molecule has 2 rings (SSSR count). The van der Waals surface area contributed by atoms with Gasteiger partial charge >= 0.3 is 0 Å². The van der Waals surface area contributed by atoms with Crippen molar-refractivity contribution >= 4 is 0 Å². The van der Waals surface area contributed by atoms with Gasteiger partial charge in [-0.1, -0.05) is 6.92 Å². The number of nitrogens with one attached hydrogen (secondary N) is 1. The van der Waals surface area contributed by atoms with E-state index in [-0.39, 0.29) is 0 Å². The van der Waals surface area contributed by atoms with Crippen LogP contribution in [0.5, 0.6) is 0 Å². The molecule has 0 spiro atoms. The summed E-state index contributed by atoms with van der Waals surface area (Å²) in [5.74, 6) is 0.834. The van der Waals surface area contributed by atoms with Crippen LogP contribution in [0.25, 0.3) is 0 Å². The van der Waals surface area contributed by atoms with Crippen molar-refractivity contribution in [2.75, 3.05) is 13.2 Å². The van der Waals surface area contributed by atoms with E-state index in [1.54, 1.807) is 4.68 Å². The number of aliphatic hydroxyl groups excluding tert-OH is 1.